The van der Waals surface area contributed by atoms with Crippen molar-refractivity contribution < 1.29 is 23.8 Å². The van der Waals surface area contributed by atoms with Gasteiger partial charge in [0.25, 0.3) is 0 Å². The van der Waals surface area contributed by atoms with Gasteiger partial charge in [0.05, 0.1) is 7.11 Å². The lowest BCUT2D eigenvalue weighted by molar-refractivity contribution is -0.140. The van der Waals surface area contributed by atoms with E-state index in [-0.39, 0.29) is 23.2 Å². The van der Waals surface area contributed by atoms with Crippen LogP contribution < -0.4 is 5.63 Å². The van der Waals surface area contributed by atoms with Crippen LogP contribution in [-0.4, -0.2) is 24.0 Å². The number of aryl methyl sites for hydroxylation is 1. The Balaban J connectivity index is 2.04. The van der Waals surface area contributed by atoms with E-state index in [4.69, 9.17) is 4.42 Å². The van der Waals surface area contributed by atoms with Crippen molar-refractivity contribution in [1.82, 2.24) is 0 Å². The summed E-state index contributed by atoms with van der Waals surface area (Å²) in [6.45, 7) is 5.68. The molecule has 2 aromatic heterocycles. The van der Waals surface area contributed by atoms with Crippen LogP contribution >= 0.6 is 11.3 Å². The quantitative estimate of drug-likeness (QED) is 0.159. The Kier molecular flexibility index (Phi) is 10.6. The van der Waals surface area contributed by atoms with E-state index in [0.29, 0.717) is 17.8 Å². The molecule has 2 rings (SSSR count). The zero-order valence-electron chi connectivity index (χ0n) is 19.9. The summed E-state index contributed by atoms with van der Waals surface area (Å²) in [7, 11) is 1.37. The topological polar surface area (TPSA) is 93.8 Å². The second-order valence-corrected chi connectivity index (χ2v) is 9.54. The van der Waals surface area contributed by atoms with Crippen molar-refractivity contribution in [2.75, 3.05) is 7.11 Å². The minimum absolute atomic E-state index is 0.102. The molecule has 0 aliphatic heterocycles. The van der Waals surface area contributed by atoms with E-state index in [9.17, 15) is 19.5 Å². The summed E-state index contributed by atoms with van der Waals surface area (Å²) in [5.74, 6) is -0.865. The lowest BCUT2D eigenvalue weighted by Gasteiger charge is -2.12. The van der Waals surface area contributed by atoms with Crippen LogP contribution in [0, 0.1) is 0 Å². The minimum Gasteiger partial charge on any atom is -0.507 e. The van der Waals surface area contributed by atoms with Crippen molar-refractivity contribution in [1.29, 1.82) is 0 Å². The van der Waals surface area contributed by atoms with Crippen molar-refractivity contribution in [2.45, 2.75) is 78.1 Å². The van der Waals surface area contributed by atoms with Crippen molar-refractivity contribution in [3.63, 3.8) is 0 Å². The molecule has 0 aliphatic rings. The van der Waals surface area contributed by atoms with Gasteiger partial charge in [-0.2, -0.15) is 0 Å². The third kappa shape index (κ3) is 8.00. The second kappa shape index (κ2) is 13.1. The summed E-state index contributed by atoms with van der Waals surface area (Å²) in [4.78, 5) is 38.7. The molecule has 7 heteroatoms. The van der Waals surface area contributed by atoms with Crippen molar-refractivity contribution in [3.8, 4) is 5.75 Å². The van der Waals surface area contributed by atoms with E-state index in [2.05, 4.69) is 17.7 Å². The number of aromatic hydroxyl groups is 1. The predicted octanol–water partition coefficient (Wildman–Crippen LogP) is 6.26. The number of carbonyl (C=O) groups excluding carboxylic acids is 2. The number of rotatable bonds is 13. The molecule has 1 N–H and O–H groups in total. The SMILES string of the molecule is CCCCc1ccc(C=C(C)C(=O)c2c(O)cc(C(C)CCCCCC(=O)OC)oc2=O)s1. The average Bonchev–Trinajstić information content (AvgIpc) is 3.23. The van der Waals surface area contributed by atoms with Crippen LogP contribution in [0.3, 0.4) is 0 Å². The van der Waals surface area contributed by atoms with Crippen LogP contribution in [-0.2, 0) is 16.0 Å². The zero-order chi connectivity index (χ0) is 24.4. The Bertz CT molecular complexity index is 1030. The molecule has 1 atom stereocenters. The molecule has 0 amide bonds. The highest BCUT2D eigenvalue weighted by molar-refractivity contribution is 7.12. The lowest BCUT2D eigenvalue weighted by atomic mass is 9.98. The first-order valence-electron chi connectivity index (χ1n) is 11.5. The van der Waals surface area contributed by atoms with E-state index in [0.717, 1.165) is 49.8 Å². The molecule has 0 spiro atoms. The fourth-order valence-electron chi connectivity index (χ4n) is 3.53. The number of esters is 1. The number of Topliss-reactive ketones (excluding diaryl/α,β-unsaturated/α-hetero) is 1. The van der Waals surface area contributed by atoms with Gasteiger partial charge in [0.1, 0.15) is 17.1 Å². The largest absolute Gasteiger partial charge is 0.507 e. The molecule has 1 unspecified atom stereocenters. The Morgan fingerprint density at radius 2 is 1.97 bits per heavy atom. The van der Waals surface area contributed by atoms with E-state index in [1.807, 2.05) is 13.0 Å². The van der Waals surface area contributed by atoms with Crippen LogP contribution in [0.15, 0.2) is 33.0 Å². The normalized spacial score (nSPS) is 12.5. The number of unbranched alkanes of at least 4 members (excludes halogenated alkanes) is 3. The Labute approximate surface area is 199 Å². The Hall–Kier alpha value is -2.67. The molecule has 0 saturated carbocycles. The number of thiophene rings is 1. The van der Waals surface area contributed by atoms with Crippen LogP contribution in [0.1, 0.15) is 97.5 Å². The monoisotopic (exact) mass is 474 g/mol. The second-order valence-electron chi connectivity index (χ2n) is 8.34. The average molecular weight is 475 g/mol. The van der Waals surface area contributed by atoms with Crippen LogP contribution in [0.2, 0.25) is 0 Å². The maximum Gasteiger partial charge on any atom is 0.351 e. The van der Waals surface area contributed by atoms with E-state index in [1.165, 1.54) is 18.1 Å². The maximum absolute atomic E-state index is 12.9. The molecular formula is C26H34O6S. The van der Waals surface area contributed by atoms with Gasteiger partial charge in [-0.05, 0) is 56.4 Å². The van der Waals surface area contributed by atoms with Gasteiger partial charge >= 0.3 is 11.6 Å². The van der Waals surface area contributed by atoms with Gasteiger partial charge in [-0.25, -0.2) is 4.79 Å². The van der Waals surface area contributed by atoms with E-state index >= 15 is 0 Å². The molecule has 0 fully saturated rings. The maximum atomic E-state index is 12.9. The lowest BCUT2D eigenvalue weighted by Crippen LogP contribution is -2.16. The first-order chi connectivity index (χ1) is 15.8. The van der Waals surface area contributed by atoms with Crippen molar-refractivity contribution in [3.05, 3.63) is 55.3 Å². The molecule has 0 radical (unpaired) electrons. The minimum atomic E-state index is -0.824. The first-order valence-corrected chi connectivity index (χ1v) is 12.3. The molecule has 0 aliphatic carbocycles. The summed E-state index contributed by atoms with van der Waals surface area (Å²) in [6, 6.07) is 5.39. The fraction of sp³-hybridized carbons (Fsp3) is 0.500. The molecule has 2 heterocycles. The van der Waals surface area contributed by atoms with Crippen LogP contribution in [0.4, 0.5) is 0 Å². The number of hydrogen-bond acceptors (Lipinski definition) is 7. The zero-order valence-corrected chi connectivity index (χ0v) is 20.8. The summed E-state index contributed by atoms with van der Waals surface area (Å²) in [5.41, 5.74) is -0.788. The number of carbonyl (C=O) groups is 2. The number of ether oxygens (including phenoxy) is 1. The summed E-state index contributed by atoms with van der Waals surface area (Å²) in [6.07, 6.45) is 8.53. The number of allylic oxidation sites excluding steroid dienone is 1. The summed E-state index contributed by atoms with van der Waals surface area (Å²) < 4.78 is 10.0. The summed E-state index contributed by atoms with van der Waals surface area (Å²) >= 11 is 1.62. The molecule has 0 saturated heterocycles. The Morgan fingerprint density at radius 1 is 1.21 bits per heavy atom. The molecule has 0 aromatic carbocycles. The highest BCUT2D eigenvalue weighted by Crippen LogP contribution is 2.27. The third-order valence-electron chi connectivity index (χ3n) is 5.58. The van der Waals surface area contributed by atoms with Crippen molar-refractivity contribution in [2.24, 2.45) is 0 Å². The van der Waals surface area contributed by atoms with E-state index in [1.54, 1.807) is 24.3 Å². The fourth-order valence-corrected chi connectivity index (χ4v) is 4.58. The number of ketones is 1. The van der Waals surface area contributed by atoms with Crippen molar-refractivity contribution >= 4 is 29.2 Å². The van der Waals surface area contributed by atoms with Gasteiger partial charge in [0, 0.05) is 28.2 Å². The van der Waals surface area contributed by atoms with Gasteiger partial charge in [-0.15, -0.1) is 11.3 Å². The molecule has 33 heavy (non-hydrogen) atoms. The number of hydrogen-bond donors (Lipinski definition) is 1. The molecular weight excluding hydrogens is 440 g/mol. The van der Waals surface area contributed by atoms with Gasteiger partial charge < -0.3 is 14.3 Å². The van der Waals surface area contributed by atoms with Crippen LogP contribution in [0.25, 0.3) is 6.08 Å². The third-order valence-corrected chi connectivity index (χ3v) is 6.68. The van der Waals surface area contributed by atoms with Gasteiger partial charge in [0.2, 0.25) is 0 Å². The van der Waals surface area contributed by atoms with Gasteiger partial charge in [0.15, 0.2) is 5.78 Å². The van der Waals surface area contributed by atoms with E-state index < -0.39 is 11.4 Å². The smallest absolute Gasteiger partial charge is 0.351 e. The highest BCUT2D eigenvalue weighted by Gasteiger charge is 2.22. The molecule has 0 bridgehead atoms. The van der Waals surface area contributed by atoms with Crippen LogP contribution in [0.5, 0.6) is 5.75 Å². The predicted molar refractivity (Wildman–Crippen MR) is 131 cm³/mol. The molecule has 6 nitrogen and oxygen atoms in total. The van der Waals surface area contributed by atoms with Gasteiger partial charge in [-0.3, -0.25) is 9.59 Å². The first kappa shape index (κ1) is 26.6. The molecule has 180 valence electrons. The van der Waals surface area contributed by atoms with Gasteiger partial charge in [-0.1, -0.05) is 33.1 Å². The standard InChI is InChI=1S/C26H34O6S/c1-5-6-11-19-13-14-20(33-19)15-18(3)25(29)24-21(27)16-22(32-26(24)30)17(2)10-8-7-9-12-23(28)31-4/h13-17,27H,5-12H2,1-4H3. The number of methoxy groups -OCH3 is 1. The molecule has 2 aromatic rings. The summed E-state index contributed by atoms with van der Waals surface area (Å²) in [5, 5.41) is 10.4. The highest BCUT2D eigenvalue weighted by atomic mass is 32.1. The Morgan fingerprint density at radius 3 is 2.64 bits per heavy atom.